The Bertz CT molecular complexity index is 1440. The number of amides is 2. The van der Waals surface area contributed by atoms with Gasteiger partial charge in [0.2, 0.25) is 6.41 Å². The lowest BCUT2D eigenvalue weighted by Gasteiger charge is -2.43. The Hall–Kier alpha value is -3.98. The average molecular weight is 529 g/mol. The summed E-state index contributed by atoms with van der Waals surface area (Å²) < 4.78 is 7.17. The number of carbonyl (C=O) groups excluding carboxylic acids is 2. The number of anilines is 2. The maximum absolute atomic E-state index is 11.9. The third kappa shape index (κ3) is 5.06. The van der Waals surface area contributed by atoms with E-state index in [9.17, 15) is 9.59 Å². The molecule has 3 aromatic rings. The fourth-order valence-corrected chi connectivity index (χ4v) is 5.71. The summed E-state index contributed by atoms with van der Waals surface area (Å²) in [6.07, 6.45) is 11.5. The summed E-state index contributed by atoms with van der Waals surface area (Å²) in [5.41, 5.74) is 13.0. The van der Waals surface area contributed by atoms with Gasteiger partial charge < -0.3 is 25.3 Å². The first kappa shape index (κ1) is 26.6. The van der Waals surface area contributed by atoms with E-state index in [0.717, 1.165) is 85.4 Å². The van der Waals surface area contributed by atoms with Crippen LogP contribution in [-0.2, 0) is 21.4 Å². The highest BCUT2D eigenvalue weighted by Gasteiger charge is 2.46. The van der Waals surface area contributed by atoms with Crippen molar-refractivity contribution in [2.24, 2.45) is 7.05 Å². The number of nitrogens with one attached hydrogen (secondary N) is 1. The Kier molecular flexibility index (Phi) is 7.52. The van der Waals surface area contributed by atoms with E-state index in [-0.39, 0.29) is 11.4 Å². The van der Waals surface area contributed by atoms with Crippen LogP contribution < -0.4 is 11.1 Å². The zero-order valence-electron chi connectivity index (χ0n) is 22.7. The minimum absolute atomic E-state index is 0.127. The van der Waals surface area contributed by atoms with Gasteiger partial charge in [-0.05, 0) is 68.7 Å². The van der Waals surface area contributed by atoms with E-state index in [4.69, 9.17) is 10.5 Å². The van der Waals surface area contributed by atoms with Crippen LogP contribution in [0.3, 0.4) is 0 Å². The number of carbonyl (C=O) groups is 2. The zero-order valence-corrected chi connectivity index (χ0v) is 22.7. The van der Waals surface area contributed by atoms with Crippen molar-refractivity contribution in [2.75, 3.05) is 30.8 Å². The van der Waals surface area contributed by atoms with Crippen molar-refractivity contribution in [1.82, 2.24) is 19.4 Å². The average Bonchev–Trinajstić information content (AvgIpc) is 3.50. The molecule has 3 aliphatic rings. The van der Waals surface area contributed by atoms with Gasteiger partial charge in [0.15, 0.2) is 0 Å². The van der Waals surface area contributed by atoms with E-state index in [2.05, 4.69) is 32.5 Å². The quantitative estimate of drug-likeness (QED) is 0.367. The zero-order chi connectivity index (χ0) is 27.6. The molecule has 2 aromatic heterocycles. The van der Waals surface area contributed by atoms with Gasteiger partial charge in [0, 0.05) is 30.4 Å². The predicted molar refractivity (Wildman–Crippen MR) is 154 cm³/mol. The Morgan fingerprint density at radius 2 is 1.95 bits per heavy atom. The molecule has 2 fully saturated rings. The molecule has 1 aromatic carbocycles. The molecule has 4 heterocycles. The van der Waals surface area contributed by atoms with Crippen molar-refractivity contribution in [2.45, 2.75) is 51.0 Å². The molecule has 2 aliphatic heterocycles. The molecule has 0 bridgehead atoms. The van der Waals surface area contributed by atoms with Crippen molar-refractivity contribution in [3.05, 3.63) is 54.4 Å². The second kappa shape index (κ2) is 11.0. The van der Waals surface area contributed by atoms with Crippen molar-refractivity contribution >= 4 is 40.4 Å². The van der Waals surface area contributed by atoms with Crippen LogP contribution in [0.4, 0.5) is 11.5 Å². The lowest BCUT2D eigenvalue weighted by atomic mass is 9.90. The first-order valence-corrected chi connectivity index (χ1v) is 13.5. The van der Waals surface area contributed by atoms with Gasteiger partial charge in [-0.2, -0.15) is 0 Å². The molecule has 1 spiro atoms. The molecule has 0 radical (unpaired) electrons. The lowest BCUT2D eigenvalue weighted by Crippen LogP contribution is -2.58. The summed E-state index contributed by atoms with van der Waals surface area (Å²) in [6, 6.07) is 7.83. The predicted octanol–water partition coefficient (Wildman–Crippen LogP) is 4.70. The number of allylic oxidation sites excluding steroid dienone is 2. The number of aromatic nitrogens is 3. The van der Waals surface area contributed by atoms with Gasteiger partial charge in [-0.15, -0.1) is 0 Å². The Morgan fingerprint density at radius 1 is 1.18 bits per heavy atom. The van der Waals surface area contributed by atoms with Crippen molar-refractivity contribution in [3.8, 4) is 11.3 Å². The monoisotopic (exact) mass is 528 g/mol. The second-order valence-electron chi connectivity index (χ2n) is 10.6. The summed E-state index contributed by atoms with van der Waals surface area (Å²) in [7, 11) is 2.01. The number of nitrogens with zero attached hydrogens (tertiary/aromatic N) is 4. The Balaban J connectivity index is 0.000000257. The van der Waals surface area contributed by atoms with Gasteiger partial charge in [0.1, 0.15) is 17.8 Å². The molecule has 1 aliphatic carbocycles. The Labute approximate surface area is 228 Å². The molecule has 3 N–H and O–H groups in total. The SMILES string of the molecule is C=C(C)C(=O)Nc1ccc(-c2c(C3=CCCCC3)c3c(N)ncnc3n2C)cc1.O=CN1CCCC12COC2. The van der Waals surface area contributed by atoms with E-state index in [1.54, 1.807) is 6.92 Å². The number of nitrogen functional groups attached to an aromatic ring is 1. The minimum Gasteiger partial charge on any atom is -0.383 e. The van der Waals surface area contributed by atoms with Gasteiger partial charge >= 0.3 is 0 Å². The molecule has 39 heavy (non-hydrogen) atoms. The molecular formula is C30H36N6O3. The van der Waals surface area contributed by atoms with Gasteiger partial charge in [-0.25, -0.2) is 9.97 Å². The summed E-state index contributed by atoms with van der Waals surface area (Å²) in [5.74, 6) is 0.321. The van der Waals surface area contributed by atoms with Crippen LogP contribution in [0.5, 0.6) is 0 Å². The van der Waals surface area contributed by atoms with E-state index in [1.165, 1.54) is 24.7 Å². The normalized spacial score (nSPS) is 17.7. The topological polar surface area (TPSA) is 115 Å². The summed E-state index contributed by atoms with van der Waals surface area (Å²) in [6.45, 7) is 7.80. The highest BCUT2D eigenvalue weighted by atomic mass is 16.5. The largest absolute Gasteiger partial charge is 0.383 e. The molecule has 0 unspecified atom stereocenters. The van der Waals surface area contributed by atoms with E-state index < -0.39 is 0 Å². The highest BCUT2D eigenvalue weighted by molar-refractivity contribution is 6.05. The van der Waals surface area contributed by atoms with E-state index in [0.29, 0.717) is 11.4 Å². The number of hydrogen-bond acceptors (Lipinski definition) is 6. The Morgan fingerprint density at radius 3 is 2.54 bits per heavy atom. The molecule has 6 rings (SSSR count). The van der Waals surface area contributed by atoms with Gasteiger partial charge in [-0.3, -0.25) is 9.59 Å². The number of likely N-dealkylation sites (tertiary alicyclic amines) is 1. The smallest absolute Gasteiger partial charge is 0.250 e. The lowest BCUT2D eigenvalue weighted by molar-refractivity contribution is -0.147. The summed E-state index contributed by atoms with van der Waals surface area (Å²) in [4.78, 5) is 33.0. The number of hydrogen-bond donors (Lipinski definition) is 2. The standard InChI is InChI=1S/C23H25N5O.C7H11NO2/c1-14(2)23(29)27-17-11-9-16(10-12-17)20-18(15-7-5-4-6-8-15)19-21(24)25-13-26-22(19)28(20)3;9-6-8-3-1-2-7(8)4-10-5-7/h7,9-13H,1,4-6,8H2,2-3H3,(H,27,29)(H2,24,25,26);6H,1-5H2. The maximum Gasteiger partial charge on any atom is 0.250 e. The highest BCUT2D eigenvalue weighted by Crippen LogP contribution is 2.42. The fraction of sp³-hybridized carbons (Fsp3) is 0.400. The van der Waals surface area contributed by atoms with Gasteiger partial charge in [-0.1, -0.05) is 24.8 Å². The first-order chi connectivity index (χ1) is 18.8. The van der Waals surface area contributed by atoms with Crippen molar-refractivity contribution < 1.29 is 14.3 Å². The van der Waals surface area contributed by atoms with Crippen LogP contribution in [0.2, 0.25) is 0 Å². The van der Waals surface area contributed by atoms with Crippen LogP contribution in [0.25, 0.3) is 27.9 Å². The van der Waals surface area contributed by atoms with Crippen LogP contribution in [0.1, 0.15) is 51.0 Å². The molecule has 9 heteroatoms. The number of aryl methyl sites for hydroxylation is 1. The van der Waals surface area contributed by atoms with Crippen LogP contribution in [-0.4, -0.2) is 57.0 Å². The molecule has 0 saturated carbocycles. The second-order valence-corrected chi connectivity index (χ2v) is 10.6. The third-order valence-electron chi connectivity index (χ3n) is 7.93. The fourth-order valence-electron chi connectivity index (χ4n) is 5.71. The van der Waals surface area contributed by atoms with Crippen LogP contribution >= 0.6 is 0 Å². The molecule has 0 atom stereocenters. The van der Waals surface area contributed by atoms with Crippen LogP contribution in [0, 0.1) is 0 Å². The first-order valence-electron chi connectivity index (χ1n) is 13.5. The number of rotatable bonds is 5. The number of nitrogens with two attached hydrogens (primary N) is 1. The summed E-state index contributed by atoms with van der Waals surface area (Å²) in [5, 5.41) is 3.76. The number of benzene rings is 1. The molecule has 2 saturated heterocycles. The van der Waals surface area contributed by atoms with E-state index >= 15 is 0 Å². The van der Waals surface area contributed by atoms with Gasteiger partial charge in [0.05, 0.1) is 29.8 Å². The molecule has 2 amide bonds. The van der Waals surface area contributed by atoms with Gasteiger partial charge in [0.25, 0.3) is 5.91 Å². The minimum atomic E-state index is -0.182. The molecular weight excluding hydrogens is 492 g/mol. The number of ether oxygens (including phenoxy) is 1. The van der Waals surface area contributed by atoms with Crippen molar-refractivity contribution in [1.29, 1.82) is 0 Å². The molecule has 204 valence electrons. The maximum atomic E-state index is 11.9. The third-order valence-corrected chi connectivity index (χ3v) is 7.93. The van der Waals surface area contributed by atoms with Crippen molar-refractivity contribution in [3.63, 3.8) is 0 Å². The number of fused-ring (bicyclic) bond motifs is 1. The van der Waals surface area contributed by atoms with Crippen LogP contribution in [0.15, 0.2) is 48.8 Å². The molecule has 9 nitrogen and oxygen atoms in total. The summed E-state index contributed by atoms with van der Waals surface area (Å²) >= 11 is 0. The van der Waals surface area contributed by atoms with E-state index in [1.807, 2.05) is 36.2 Å².